The van der Waals surface area contributed by atoms with E-state index in [2.05, 4.69) is 15.9 Å². The van der Waals surface area contributed by atoms with Crippen molar-refractivity contribution < 1.29 is 19.0 Å². The van der Waals surface area contributed by atoms with Gasteiger partial charge in [0.15, 0.2) is 0 Å². The molecule has 0 unspecified atom stereocenters. The van der Waals surface area contributed by atoms with Gasteiger partial charge in [-0.15, -0.1) is 0 Å². The number of esters is 1. The molecule has 0 aromatic heterocycles. The van der Waals surface area contributed by atoms with Crippen molar-refractivity contribution in [1.29, 1.82) is 0 Å². The summed E-state index contributed by atoms with van der Waals surface area (Å²) in [6.07, 6.45) is 0. The molecule has 0 bridgehead atoms. The quantitative estimate of drug-likeness (QED) is 0.262. The van der Waals surface area contributed by atoms with Crippen molar-refractivity contribution in [1.82, 2.24) is 0 Å². The van der Waals surface area contributed by atoms with Crippen LogP contribution < -0.4 is 14.2 Å². The van der Waals surface area contributed by atoms with Crippen LogP contribution in [0.5, 0.6) is 17.2 Å². The summed E-state index contributed by atoms with van der Waals surface area (Å²) < 4.78 is 17.2. The van der Waals surface area contributed by atoms with Gasteiger partial charge in [0.2, 0.25) is 0 Å². The second-order valence-corrected chi connectivity index (χ2v) is 6.79. The lowest BCUT2D eigenvalue weighted by Gasteiger charge is -2.10. The highest BCUT2D eigenvalue weighted by Gasteiger charge is 2.12. The van der Waals surface area contributed by atoms with Crippen molar-refractivity contribution in [3.05, 3.63) is 87.9 Å². The number of para-hydroxylation sites is 1. The minimum Gasteiger partial charge on any atom is -0.490 e. The van der Waals surface area contributed by atoms with E-state index in [0.717, 1.165) is 5.75 Å². The van der Waals surface area contributed by atoms with Crippen molar-refractivity contribution in [3.63, 3.8) is 0 Å². The molecule has 0 saturated heterocycles. The molecule has 27 heavy (non-hydrogen) atoms. The number of ether oxygens (including phenoxy) is 3. The van der Waals surface area contributed by atoms with Crippen LogP contribution in [0.3, 0.4) is 0 Å². The molecule has 3 aromatic rings. The predicted octanol–water partition coefficient (Wildman–Crippen LogP) is 5.78. The van der Waals surface area contributed by atoms with Gasteiger partial charge >= 0.3 is 5.97 Å². The minimum absolute atomic E-state index is 0.357. The van der Waals surface area contributed by atoms with Crippen LogP contribution in [0.2, 0.25) is 5.02 Å². The molecule has 0 N–H and O–H groups in total. The van der Waals surface area contributed by atoms with E-state index in [9.17, 15) is 4.79 Å². The second-order valence-electron chi connectivity index (χ2n) is 5.50. The summed E-state index contributed by atoms with van der Waals surface area (Å²) in [5, 5.41) is 0.551. The molecule has 0 aliphatic carbocycles. The smallest absolute Gasteiger partial charge is 0.343 e. The first-order valence-corrected chi connectivity index (χ1v) is 9.37. The van der Waals surface area contributed by atoms with E-state index in [-0.39, 0.29) is 0 Å². The standard InChI is InChI=1S/C21H16BrClO4/c22-19-14-16(23)9-10-20(19)27-21(24)15-5-4-8-18(13-15)26-12-11-25-17-6-2-1-3-7-17/h1-10,13-14H,11-12H2. The summed E-state index contributed by atoms with van der Waals surface area (Å²) in [6, 6.07) is 21.3. The maximum atomic E-state index is 12.4. The number of hydrogen-bond donors (Lipinski definition) is 0. The first kappa shape index (κ1) is 19.3. The summed E-state index contributed by atoms with van der Waals surface area (Å²) in [5.74, 6) is 1.26. The molecule has 0 fully saturated rings. The summed E-state index contributed by atoms with van der Waals surface area (Å²) in [7, 11) is 0. The van der Waals surface area contributed by atoms with E-state index in [0.29, 0.717) is 39.8 Å². The van der Waals surface area contributed by atoms with Crippen LogP contribution in [0.25, 0.3) is 0 Å². The Hall–Kier alpha value is -2.50. The van der Waals surface area contributed by atoms with Gasteiger partial charge in [-0.2, -0.15) is 0 Å². The average Bonchev–Trinajstić information content (AvgIpc) is 2.68. The number of carbonyl (C=O) groups is 1. The molecule has 0 radical (unpaired) electrons. The van der Waals surface area contributed by atoms with Crippen molar-refractivity contribution in [3.8, 4) is 17.2 Å². The van der Waals surface area contributed by atoms with Gasteiger partial charge in [0.25, 0.3) is 0 Å². The SMILES string of the molecule is O=C(Oc1ccc(Cl)cc1Br)c1cccc(OCCOc2ccccc2)c1. The largest absolute Gasteiger partial charge is 0.490 e. The van der Waals surface area contributed by atoms with Crippen molar-refractivity contribution in [2.24, 2.45) is 0 Å². The number of benzene rings is 3. The van der Waals surface area contributed by atoms with Gasteiger partial charge in [-0.25, -0.2) is 4.79 Å². The molecule has 0 atom stereocenters. The summed E-state index contributed by atoms with van der Waals surface area (Å²) in [6.45, 7) is 0.756. The average molecular weight is 448 g/mol. The Balaban J connectivity index is 1.55. The Bertz CT molecular complexity index is 915. The van der Waals surface area contributed by atoms with Gasteiger partial charge in [-0.3, -0.25) is 0 Å². The van der Waals surface area contributed by atoms with E-state index >= 15 is 0 Å². The molecule has 0 aliphatic heterocycles. The van der Waals surface area contributed by atoms with Crippen molar-refractivity contribution in [2.75, 3.05) is 13.2 Å². The van der Waals surface area contributed by atoms with Gasteiger partial charge in [0, 0.05) is 5.02 Å². The van der Waals surface area contributed by atoms with Gasteiger partial charge in [0.05, 0.1) is 10.0 Å². The van der Waals surface area contributed by atoms with Crippen LogP contribution in [-0.2, 0) is 0 Å². The maximum Gasteiger partial charge on any atom is 0.343 e. The molecule has 138 valence electrons. The Morgan fingerprint density at radius 3 is 2.30 bits per heavy atom. The zero-order valence-corrected chi connectivity index (χ0v) is 16.6. The Labute approximate surface area is 170 Å². The zero-order chi connectivity index (χ0) is 19.1. The first-order chi connectivity index (χ1) is 13.1. The maximum absolute atomic E-state index is 12.4. The van der Waals surface area contributed by atoms with Gasteiger partial charge in [-0.05, 0) is 64.5 Å². The molecule has 0 saturated carbocycles. The van der Waals surface area contributed by atoms with Gasteiger partial charge in [-0.1, -0.05) is 35.9 Å². The third kappa shape index (κ3) is 5.74. The van der Waals surface area contributed by atoms with Crippen LogP contribution in [0, 0.1) is 0 Å². The third-order valence-corrected chi connectivity index (χ3v) is 4.39. The van der Waals surface area contributed by atoms with E-state index in [4.69, 9.17) is 25.8 Å². The summed E-state index contributed by atoms with van der Waals surface area (Å²) in [4.78, 5) is 12.4. The van der Waals surface area contributed by atoms with Gasteiger partial charge < -0.3 is 14.2 Å². The topological polar surface area (TPSA) is 44.8 Å². The lowest BCUT2D eigenvalue weighted by Crippen LogP contribution is -2.11. The highest BCUT2D eigenvalue weighted by Crippen LogP contribution is 2.29. The van der Waals surface area contributed by atoms with Crippen molar-refractivity contribution >= 4 is 33.5 Å². The fourth-order valence-corrected chi connectivity index (χ4v) is 3.03. The lowest BCUT2D eigenvalue weighted by molar-refractivity contribution is 0.0733. The zero-order valence-electron chi connectivity index (χ0n) is 14.2. The van der Waals surface area contributed by atoms with Crippen molar-refractivity contribution in [2.45, 2.75) is 0 Å². The molecule has 0 heterocycles. The molecular weight excluding hydrogens is 432 g/mol. The highest BCUT2D eigenvalue weighted by atomic mass is 79.9. The van der Waals surface area contributed by atoms with E-state index in [1.165, 1.54) is 0 Å². The fourth-order valence-electron chi connectivity index (χ4n) is 2.27. The minimum atomic E-state index is -0.482. The van der Waals surface area contributed by atoms with E-state index in [1.54, 1.807) is 42.5 Å². The molecule has 0 amide bonds. The summed E-state index contributed by atoms with van der Waals surface area (Å²) >= 11 is 9.22. The van der Waals surface area contributed by atoms with E-state index < -0.39 is 5.97 Å². The Morgan fingerprint density at radius 1 is 0.852 bits per heavy atom. The Morgan fingerprint density at radius 2 is 1.56 bits per heavy atom. The monoisotopic (exact) mass is 446 g/mol. The molecule has 3 rings (SSSR count). The first-order valence-electron chi connectivity index (χ1n) is 8.20. The van der Waals surface area contributed by atoms with Gasteiger partial charge in [0.1, 0.15) is 30.5 Å². The van der Waals surface area contributed by atoms with Crippen LogP contribution in [0.1, 0.15) is 10.4 Å². The Kier molecular flexibility index (Phi) is 6.74. The van der Waals surface area contributed by atoms with Crippen LogP contribution >= 0.6 is 27.5 Å². The molecular formula is C21H16BrClO4. The highest BCUT2D eigenvalue weighted by molar-refractivity contribution is 9.10. The third-order valence-electron chi connectivity index (χ3n) is 3.53. The molecule has 6 heteroatoms. The lowest BCUT2D eigenvalue weighted by atomic mass is 10.2. The molecule has 0 aliphatic rings. The fraction of sp³-hybridized carbons (Fsp3) is 0.0952. The van der Waals surface area contributed by atoms with E-state index in [1.807, 2.05) is 30.3 Å². The van der Waals surface area contributed by atoms with Crippen LogP contribution in [0.15, 0.2) is 77.3 Å². The summed E-state index contributed by atoms with van der Waals surface area (Å²) in [5.41, 5.74) is 0.387. The second kappa shape index (κ2) is 9.44. The number of halogens is 2. The predicted molar refractivity (Wildman–Crippen MR) is 108 cm³/mol. The number of carbonyl (C=O) groups excluding carboxylic acids is 1. The van der Waals surface area contributed by atoms with Crippen LogP contribution in [-0.4, -0.2) is 19.2 Å². The normalized spacial score (nSPS) is 10.3. The number of hydrogen-bond acceptors (Lipinski definition) is 4. The molecule has 3 aromatic carbocycles. The molecule has 4 nitrogen and oxygen atoms in total. The van der Waals surface area contributed by atoms with Crippen LogP contribution in [0.4, 0.5) is 0 Å². The molecule has 0 spiro atoms. The number of rotatable bonds is 7.